The summed E-state index contributed by atoms with van der Waals surface area (Å²) < 4.78 is 5.44. The molecule has 1 rings (SSSR count). The standard InChI is InChI=1S/C15H23N3O3/c1-4-18(3)15(20)11(2)17-14(19)10-21-13-8-6-5-7-12(13)9-16/h5-8,11H,4,9-10,16H2,1-3H3,(H,17,19). The van der Waals surface area contributed by atoms with Crippen LogP contribution in [-0.4, -0.2) is 43.0 Å². The number of ether oxygens (including phenoxy) is 1. The summed E-state index contributed by atoms with van der Waals surface area (Å²) in [5.41, 5.74) is 6.43. The first-order chi connectivity index (χ1) is 9.99. The van der Waals surface area contributed by atoms with Crippen molar-refractivity contribution >= 4 is 11.8 Å². The van der Waals surface area contributed by atoms with Crippen molar-refractivity contribution in [2.24, 2.45) is 5.73 Å². The molecule has 116 valence electrons. The van der Waals surface area contributed by atoms with E-state index in [1.165, 1.54) is 0 Å². The highest BCUT2D eigenvalue weighted by Crippen LogP contribution is 2.16. The van der Waals surface area contributed by atoms with Crippen LogP contribution in [0.25, 0.3) is 0 Å². The van der Waals surface area contributed by atoms with Crippen LogP contribution in [0.1, 0.15) is 19.4 Å². The van der Waals surface area contributed by atoms with E-state index < -0.39 is 6.04 Å². The van der Waals surface area contributed by atoms with Crippen LogP contribution in [0.3, 0.4) is 0 Å². The fourth-order valence-electron chi connectivity index (χ4n) is 1.79. The Bertz CT molecular complexity index is 491. The number of para-hydroxylation sites is 1. The smallest absolute Gasteiger partial charge is 0.258 e. The minimum Gasteiger partial charge on any atom is -0.483 e. The number of nitrogens with two attached hydrogens (primary N) is 1. The molecule has 3 N–H and O–H groups in total. The van der Waals surface area contributed by atoms with Gasteiger partial charge in [-0.1, -0.05) is 18.2 Å². The number of carbonyl (C=O) groups is 2. The van der Waals surface area contributed by atoms with Crippen LogP contribution in [0.2, 0.25) is 0 Å². The minimum atomic E-state index is -0.573. The lowest BCUT2D eigenvalue weighted by Crippen LogP contribution is -2.46. The molecule has 0 heterocycles. The lowest BCUT2D eigenvalue weighted by Gasteiger charge is -2.20. The topological polar surface area (TPSA) is 84.7 Å². The van der Waals surface area contributed by atoms with E-state index in [0.29, 0.717) is 18.8 Å². The number of carbonyl (C=O) groups excluding carboxylic acids is 2. The van der Waals surface area contributed by atoms with Gasteiger partial charge in [-0.2, -0.15) is 0 Å². The van der Waals surface area contributed by atoms with Crippen LogP contribution in [0, 0.1) is 0 Å². The number of hydrogen-bond acceptors (Lipinski definition) is 4. The van der Waals surface area contributed by atoms with Crippen molar-refractivity contribution in [3.8, 4) is 5.75 Å². The predicted molar refractivity (Wildman–Crippen MR) is 80.7 cm³/mol. The Balaban J connectivity index is 2.49. The fraction of sp³-hybridized carbons (Fsp3) is 0.467. The highest BCUT2D eigenvalue weighted by atomic mass is 16.5. The summed E-state index contributed by atoms with van der Waals surface area (Å²) in [6.45, 7) is 4.32. The van der Waals surface area contributed by atoms with E-state index >= 15 is 0 Å². The van der Waals surface area contributed by atoms with E-state index in [4.69, 9.17) is 10.5 Å². The van der Waals surface area contributed by atoms with Gasteiger partial charge in [-0.3, -0.25) is 9.59 Å². The zero-order chi connectivity index (χ0) is 15.8. The molecule has 0 spiro atoms. The van der Waals surface area contributed by atoms with Gasteiger partial charge in [0.1, 0.15) is 11.8 Å². The fourth-order valence-corrected chi connectivity index (χ4v) is 1.79. The van der Waals surface area contributed by atoms with E-state index in [1.807, 2.05) is 25.1 Å². The summed E-state index contributed by atoms with van der Waals surface area (Å²) in [4.78, 5) is 25.2. The average Bonchev–Trinajstić information content (AvgIpc) is 2.51. The van der Waals surface area contributed by atoms with Gasteiger partial charge in [-0.05, 0) is 19.9 Å². The van der Waals surface area contributed by atoms with Crippen LogP contribution in [0.5, 0.6) is 5.75 Å². The first-order valence-corrected chi connectivity index (χ1v) is 6.94. The second-order valence-electron chi connectivity index (χ2n) is 4.74. The van der Waals surface area contributed by atoms with Crippen LogP contribution in [-0.2, 0) is 16.1 Å². The Morgan fingerprint density at radius 2 is 2.05 bits per heavy atom. The summed E-state index contributed by atoms with van der Waals surface area (Å²) in [5, 5.41) is 2.62. The third kappa shape index (κ3) is 5.07. The number of rotatable bonds is 7. The Morgan fingerprint density at radius 3 is 2.67 bits per heavy atom. The van der Waals surface area contributed by atoms with E-state index in [9.17, 15) is 9.59 Å². The molecule has 6 nitrogen and oxygen atoms in total. The quantitative estimate of drug-likeness (QED) is 0.767. The van der Waals surface area contributed by atoms with E-state index in [0.717, 1.165) is 5.56 Å². The van der Waals surface area contributed by atoms with Gasteiger partial charge < -0.3 is 20.7 Å². The average molecular weight is 293 g/mol. The Morgan fingerprint density at radius 1 is 1.38 bits per heavy atom. The molecule has 0 bridgehead atoms. The minimum absolute atomic E-state index is 0.131. The number of nitrogens with one attached hydrogen (secondary N) is 1. The van der Waals surface area contributed by atoms with Crippen molar-refractivity contribution in [1.29, 1.82) is 0 Å². The molecule has 0 aliphatic rings. The molecule has 1 unspecified atom stereocenters. The number of likely N-dealkylation sites (N-methyl/N-ethyl adjacent to an activating group) is 1. The zero-order valence-electron chi connectivity index (χ0n) is 12.8. The van der Waals surface area contributed by atoms with E-state index in [1.54, 1.807) is 24.9 Å². The van der Waals surface area contributed by atoms with Gasteiger partial charge in [-0.25, -0.2) is 0 Å². The maximum Gasteiger partial charge on any atom is 0.258 e. The highest BCUT2D eigenvalue weighted by Gasteiger charge is 2.18. The number of benzene rings is 1. The van der Waals surface area contributed by atoms with Gasteiger partial charge in [0.15, 0.2) is 6.61 Å². The summed E-state index contributed by atoms with van der Waals surface area (Å²) in [6, 6.07) is 6.70. The lowest BCUT2D eigenvalue weighted by molar-refractivity contribution is -0.135. The van der Waals surface area contributed by atoms with Crippen LogP contribution >= 0.6 is 0 Å². The molecular weight excluding hydrogens is 270 g/mol. The van der Waals surface area contributed by atoms with Crippen molar-refractivity contribution in [2.45, 2.75) is 26.4 Å². The van der Waals surface area contributed by atoms with Gasteiger partial charge in [0.25, 0.3) is 5.91 Å². The molecule has 2 amide bonds. The normalized spacial score (nSPS) is 11.6. The molecule has 6 heteroatoms. The predicted octanol–water partition coefficient (Wildman–Crippen LogP) is 0.507. The maximum absolute atomic E-state index is 11.8. The molecule has 0 aromatic heterocycles. The van der Waals surface area contributed by atoms with E-state index in [2.05, 4.69) is 5.32 Å². The number of hydrogen-bond donors (Lipinski definition) is 2. The molecule has 1 aromatic rings. The van der Waals surface area contributed by atoms with Crippen LogP contribution in [0.15, 0.2) is 24.3 Å². The van der Waals surface area contributed by atoms with Crippen molar-refractivity contribution in [1.82, 2.24) is 10.2 Å². The molecule has 21 heavy (non-hydrogen) atoms. The molecule has 0 aliphatic carbocycles. The van der Waals surface area contributed by atoms with Gasteiger partial charge in [-0.15, -0.1) is 0 Å². The lowest BCUT2D eigenvalue weighted by atomic mass is 10.2. The maximum atomic E-state index is 11.8. The SMILES string of the molecule is CCN(C)C(=O)C(C)NC(=O)COc1ccccc1CN. The Hall–Kier alpha value is -2.08. The number of amides is 2. The Kier molecular flexibility index (Phi) is 6.68. The van der Waals surface area contributed by atoms with Gasteiger partial charge in [0.05, 0.1) is 0 Å². The largest absolute Gasteiger partial charge is 0.483 e. The van der Waals surface area contributed by atoms with Crippen LogP contribution in [0.4, 0.5) is 0 Å². The molecular formula is C15H23N3O3. The summed E-state index contributed by atoms with van der Waals surface area (Å²) in [5.74, 6) is 0.111. The summed E-state index contributed by atoms with van der Waals surface area (Å²) in [7, 11) is 1.69. The number of nitrogens with zero attached hydrogens (tertiary/aromatic N) is 1. The second kappa shape index (κ2) is 8.26. The Labute approximate surface area is 125 Å². The molecule has 0 radical (unpaired) electrons. The summed E-state index contributed by atoms with van der Waals surface area (Å²) in [6.07, 6.45) is 0. The van der Waals surface area contributed by atoms with Gasteiger partial charge in [0.2, 0.25) is 5.91 Å². The summed E-state index contributed by atoms with van der Waals surface area (Å²) >= 11 is 0. The molecule has 1 aromatic carbocycles. The molecule has 0 saturated carbocycles. The monoisotopic (exact) mass is 293 g/mol. The van der Waals surface area contributed by atoms with Crippen LogP contribution < -0.4 is 15.8 Å². The van der Waals surface area contributed by atoms with Gasteiger partial charge >= 0.3 is 0 Å². The third-order valence-electron chi connectivity index (χ3n) is 3.15. The second-order valence-corrected chi connectivity index (χ2v) is 4.74. The zero-order valence-corrected chi connectivity index (χ0v) is 12.8. The molecule has 0 fully saturated rings. The highest BCUT2D eigenvalue weighted by molar-refractivity contribution is 5.87. The molecule has 1 atom stereocenters. The third-order valence-corrected chi connectivity index (χ3v) is 3.15. The first-order valence-electron chi connectivity index (χ1n) is 6.94. The van der Waals surface area contributed by atoms with Crippen molar-refractivity contribution in [2.75, 3.05) is 20.2 Å². The van der Waals surface area contributed by atoms with Gasteiger partial charge in [0, 0.05) is 25.7 Å². The van der Waals surface area contributed by atoms with Crippen molar-refractivity contribution < 1.29 is 14.3 Å². The van der Waals surface area contributed by atoms with Crippen molar-refractivity contribution in [3.05, 3.63) is 29.8 Å². The van der Waals surface area contributed by atoms with Crippen molar-refractivity contribution in [3.63, 3.8) is 0 Å². The van der Waals surface area contributed by atoms with E-state index in [-0.39, 0.29) is 18.4 Å². The first kappa shape index (κ1) is 17.0. The molecule has 0 saturated heterocycles. The molecule has 0 aliphatic heterocycles.